The number of piperidine rings is 1. The van der Waals surface area contributed by atoms with Crippen molar-refractivity contribution in [2.24, 2.45) is 17.8 Å². The number of aliphatic hydroxyl groups is 1. The Kier molecular flexibility index (Phi) is 5.18. The molecular formula is C24H34N2O2. The zero-order chi connectivity index (χ0) is 19.1. The zero-order valence-corrected chi connectivity index (χ0v) is 17.0. The number of aryl methyl sites for hydroxylation is 1. The standard InChI is InChI=1S/C24H34N2O2/c27-23(16-25-13-11-17-4-1-2-5-21(17)15-25)20-9-10-22-19(14-20)6-3-12-26(22)24(28)18-7-8-18/h9-10,14,17-18,21,23,27H,1-8,11-13,15-16H2/t17-,21+,23-/m1/s1. The van der Waals surface area contributed by atoms with Crippen LogP contribution in [-0.2, 0) is 11.2 Å². The van der Waals surface area contributed by atoms with E-state index >= 15 is 0 Å². The van der Waals surface area contributed by atoms with E-state index in [9.17, 15) is 9.90 Å². The topological polar surface area (TPSA) is 43.8 Å². The summed E-state index contributed by atoms with van der Waals surface area (Å²) in [7, 11) is 0. The van der Waals surface area contributed by atoms with E-state index in [2.05, 4.69) is 23.1 Å². The van der Waals surface area contributed by atoms with E-state index < -0.39 is 6.10 Å². The highest BCUT2D eigenvalue weighted by atomic mass is 16.3. The van der Waals surface area contributed by atoms with Crippen molar-refractivity contribution in [2.45, 2.75) is 63.9 Å². The van der Waals surface area contributed by atoms with Crippen molar-refractivity contribution in [3.63, 3.8) is 0 Å². The minimum atomic E-state index is -0.431. The monoisotopic (exact) mass is 382 g/mol. The molecule has 3 atom stereocenters. The number of hydrogen-bond donors (Lipinski definition) is 1. The number of anilines is 1. The summed E-state index contributed by atoms with van der Waals surface area (Å²) in [6, 6.07) is 6.30. The van der Waals surface area contributed by atoms with Crippen LogP contribution in [-0.4, -0.2) is 42.1 Å². The van der Waals surface area contributed by atoms with Crippen LogP contribution in [0.1, 0.15) is 68.6 Å². The molecule has 2 aliphatic heterocycles. The van der Waals surface area contributed by atoms with Crippen molar-refractivity contribution in [1.82, 2.24) is 4.90 Å². The van der Waals surface area contributed by atoms with Crippen LogP contribution in [0, 0.1) is 17.8 Å². The second-order valence-electron chi connectivity index (χ2n) is 9.62. The average Bonchev–Trinajstić information content (AvgIpc) is 3.57. The molecule has 2 heterocycles. The van der Waals surface area contributed by atoms with Crippen LogP contribution in [0.4, 0.5) is 5.69 Å². The van der Waals surface area contributed by atoms with Gasteiger partial charge in [0, 0.05) is 31.2 Å². The van der Waals surface area contributed by atoms with Gasteiger partial charge in [0.25, 0.3) is 0 Å². The fourth-order valence-corrected chi connectivity index (χ4v) is 5.80. The lowest BCUT2D eigenvalue weighted by Crippen LogP contribution is -2.43. The van der Waals surface area contributed by atoms with E-state index in [-0.39, 0.29) is 5.92 Å². The van der Waals surface area contributed by atoms with Crippen molar-refractivity contribution >= 4 is 11.6 Å². The van der Waals surface area contributed by atoms with Crippen LogP contribution in [0.25, 0.3) is 0 Å². The molecule has 0 bridgehead atoms. The zero-order valence-electron chi connectivity index (χ0n) is 17.0. The van der Waals surface area contributed by atoms with Crippen molar-refractivity contribution in [3.8, 4) is 0 Å². The molecule has 2 aliphatic carbocycles. The molecule has 3 fully saturated rings. The van der Waals surface area contributed by atoms with E-state index in [1.165, 1.54) is 37.7 Å². The van der Waals surface area contributed by atoms with Crippen molar-refractivity contribution < 1.29 is 9.90 Å². The molecule has 5 rings (SSSR count). The molecule has 4 heteroatoms. The van der Waals surface area contributed by atoms with Crippen LogP contribution in [0.15, 0.2) is 18.2 Å². The summed E-state index contributed by atoms with van der Waals surface area (Å²) < 4.78 is 0. The van der Waals surface area contributed by atoms with E-state index in [0.29, 0.717) is 5.91 Å². The first-order chi connectivity index (χ1) is 13.7. The molecule has 0 unspecified atom stereocenters. The molecule has 0 radical (unpaired) electrons. The first-order valence-electron chi connectivity index (χ1n) is 11.5. The van der Waals surface area contributed by atoms with Gasteiger partial charge in [0.2, 0.25) is 5.91 Å². The van der Waals surface area contributed by atoms with E-state index in [1.54, 1.807) is 0 Å². The highest BCUT2D eigenvalue weighted by Gasteiger charge is 2.36. The first kappa shape index (κ1) is 18.6. The van der Waals surface area contributed by atoms with Gasteiger partial charge in [-0.15, -0.1) is 0 Å². The van der Waals surface area contributed by atoms with Crippen LogP contribution in [0.3, 0.4) is 0 Å². The Hall–Kier alpha value is -1.39. The quantitative estimate of drug-likeness (QED) is 0.858. The third kappa shape index (κ3) is 3.73. The number of likely N-dealkylation sites (tertiary alicyclic amines) is 1. The predicted molar refractivity (Wildman–Crippen MR) is 111 cm³/mol. The molecule has 28 heavy (non-hydrogen) atoms. The summed E-state index contributed by atoms with van der Waals surface area (Å²) in [5, 5.41) is 10.9. The maximum absolute atomic E-state index is 12.6. The molecule has 1 aromatic carbocycles. The number of hydrogen-bond acceptors (Lipinski definition) is 3. The fraction of sp³-hybridized carbons (Fsp3) is 0.708. The van der Waals surface area contributed by atoms with Gasteiger partial charge >= 0.3 is 0 Å². The Balaban J connectivity index is 1.25. The number of amides is 1. The number of β-amino-alcohol motifs (C(OH)–C–C–N with tert-alkyl or cyclic N) is 1. The number of rotatable bonds is 4. The van der Waals surface area contributed by atoms with Crippen LogP contribution >= 0.6 is 0 Å². The number of nitrogens with zero attached hydrogens (tertiary/aromatic N) is 2. The number of carbonyl (C=O) groups is 1. The van der Waals surface area contributed by atoms with Crippen molar-refractivity contribution in [1.29, 1.82) is 0 Å². The van der Waals surface area contributed by atoms with Gasteiger partial charge in [-0.3, -0.25) is 4.79 Å². The molecule has 0 aromatic heterocycles. The lowest BCUT2D eigenvalue weighted by atomic mass is 9.75. The van der Waals surface area contributed by atoms with Gasteiger partial charge in [-0.05, 0) is 74.1 Å². The Morgan fingerprint density at radius 1 is 1.04 bits per heavy atom. The molecule has 0 spiro atoms. The van der Waals surface area contributed by atoms with Gasteiger partial charge in [-0.2, -0.15) is 0 Å². The molecule has 1 saturated heterocycles. The average molecular weight is 383 g/mol. The third-order valence-electron chi connectivity index (χ3n) is 7.61. The molecule has 4 nitrogen and oxygen atoms in total. The van der Waals surface area contributed by atoms with Gasteiger partial charge in [0.05, 0.1) is 6.10 Å². The molecule has 1 amide bonds. The Morgan fingerprint density at radius 3 is 2.68 bits per heavy atom. The lowest BCUT2D eigenvalue weighted by Gasteiger charge is -2.42. The Morgan fingerprint density at radius 2 is 1.86 bits per heavy atom. The summed E-state index contributed by atoms with van der Waals surface area (Å²) in [6.45, 7) is 3.89. The second kappa shape index (κ2) is 7.79. The normalized spacial score (nSPS) is 29.1. The predicted octanol–water partition coefficient (Wildman–Crippen LogP) is 3.92. The molecular weight excluding hydrogens is 348 g/mol. The van der Waals surface area contributed by atoms with Gasteiger partial charge in [-0.25, -0.2) is 0 Å². The minimum absolute atomic E-state index is 0.263. The van der Waals surface area contributed by atoms with Crippen molar-refractivity contribution in [3.05, 3.63) is 29.3 Å². The van der Waals surface area contributed by atoms with Crippen LogP contribution in [0.5, 0.6) is 0 Å². The molecule has 4 aliphatic rings. The van der Waals surface area contributed by atoms with Crippen LogP contribution < -0.4 is 4.90 Å². The number of benzene rings is 1. The summed E-state index contributed by atoms with van der Waals surface area (Å²) in [6.07, 6.45) is 10.6. The summed E-state index contributed by atoms with van der Waals surface area (Å²) in [5.41, 5.74) is 3.34. The number of fused-ring (bicyclic) bond motifs is 2. The molecule has 152 valence electrons. The fourth-order valence-electron chi connectivity index (χ4n) is 5.80. The Labute approximate surface area is 168 Å². The van der Waals surface area contributed by atoms with Gasteiger partial charge in [0.15, 0.2) is 0 Å². The summed E-state index contributed by atoms with van der Waals surface area (Å²) >= 11 is 0. The largest absolute Gasteiger partial charge is 0.387 e. The third-order valence-corrected chi connectivity index (χ3v) is 7.61. The highest BCUT2D eigenvalue weighted by molar-refractivity contribution is 5.97. The van der Waals surface area contributed by atoms with Crippen molar-refractivity contribution in [2.75, 3.05) is 31.1 Å². The second-order valence-corrected chi connectivity index (χ2v) is 9.62. The maximum Gasteiger partial charge on any atom is 0.230 e. The van der Waals surface area contributed by atoms with E-state index in [1.807, 2.05) is 4.90 Å². The van der Waals surface area contributed by atoms with E-state index in [0.717, 1.165) is 74.9 Å². The Bertz CT molecular complexity index is 729. The lowest BCUT2D eigenvalue weighted by molar-refractivity contribution is -0.119. The van der Waals surface area contributed by atoms with E-state index in [4.69, 9.17) is 0 Å². The van der Waals surface area contributed by atoms with Gasteiger partial charge in [0.1, 0.15) is 0 Å². The number of carbonyl (C=O) groups excluding carboxylic acids is 1. The molecule has 2 saturated carbocycles. The molecule has 1 aromatic rings. The highest BCUT2D eigenvalue weighted by Crippen LogP contribution is 2.38. The maximum atomic E-state index is 12.6. The first-order valence-corrected chi connectivity index (χ1v) is 11.5. The summed E-state index contributed by atoms with van der Waals surface area (Å²) in [4.78, 5) is 17.1. The molecule has 1 N–H and O–H groups in total. The van der Waals surface area contributed by atoms with Crippen LogP contribution in [0.2, 0.25) is 0 Å². The van der Waals surface area contributed by atoms with Gasteiger partial charge < -0.3 is 14.9 Å². The minimum Gasteiger partial charge on any atom is -0.387 e. The smallest absolute Gasteiger partial charge is 0.230 e. The van der Waals surface area contributed by atoms with Gasteiger partial charge in [-0.1, -0.05) is 31.4 Å². The number of aliphatic hydroxyl groups excluding tert-OH is 1. The SMILES string of the molecule is O=C(C1CC1)N1CCCc2cc([C@H](O)CN3CC[C@H]4CCCC[C@H]4C3)ccc21. The summed E-state index contributed by atoms with van der Waals surface area (Å²) in [5.74, 6) is 2.35.